The lowest BCUT2D eigenvalue weighted by Crippen LogP contribution is -2.28. The molecule has 2 N–H and O–H groups in total. The molecule has 1 aliphatic rings. The van der Waals surface area contributed by atoms with E-state index >= 15 is 0 Å². The van der Waals surface area contributed by atoms with E-state index in [0.717, 1.165) is 17.6 Å². The molecule has 0 spiro atoms. The van der Waals surface area contributed by atoms with Crippen molar-refractivity contribution in [2.75, 3.05) is 19.3 Å². The summed E-state index contributed by atoms with van der Waals surface area (Å²) in [5.41, 5.74) is 7.49. The Morgan fingerprint density at radius 3 is 2.60 bits per heavy atom. The number of aromatic nitrogens is 1. The number of nitrogen functional groups attached to an aromatic ring is 1. The summed E-state index contributed by atoms with van der Waals surface area (Å²) in [5, 5.41) is 0.655. The molecule has 0 bridgehead atoms. The molecule has 0 saturated heterocycles. The number of hydrogen-bond donors (Lipinski definition) is 1. The van der Waals surface area contributed by atoms with E-state index in [1.807, 2.05) is 6.20 Å². The largest absolute Gasteiger partial charge is 0.375 e. The molecule has 1 aromatic heterocycles. The number of hydrogen-bond acceptors (Lipinski definition) is 4. The summed E-state index contributed by atoms with van der Waals surface area (Å²) in [6, 6.07) is 8.77. The summed E-state index contributed by atoms with van der Waals surface area (Å²) in [4.78, 5) is 7.72. The monoisotopic (exact) mass is 351 g/mol. The summed E-state index contributed by atoms with van der Waals surface area (Å²) in [6.45, 7) is 2.01. The lowest BCUT2D eigenvalue weighted by molar-refractivity contribution is 0.297. The Bertz CT molecular complexity index is 589. The molecule has 0 atom stereocenters. The van der Waals surface area contributed by atoms with Crippen LogP contribution in [0.5, 0.6) is 0 Å². The van der Waals surface area contributed by atoms with Crippen molar-refractivity contribution in [3.8, 4) is 0 Å². The third kappa shape index (κ3) is 3.05. The number of nitrogens with two attached hydrogens (primary N) is 1. The zero-order valence-electron chi connectivity index (χ0n) is 11.5. The molecule has 1 aromatic carbocycles. The van der Waals surface area contributed by atoms with Crippen LogP contribution >= 0.6 is 27.3 Å². The van der Waals surface area contributed by atoms with Crippen molar-refractivity contribution >= 4 is 32.4 Å². The predicted molar refractivity (Wildman–Crippen MR) is 87.9 cm³/mol. The Labute approximate surface area is 131 Å². The second kappa shape index (κ2) is 5.47. The first-order chi connectivity index (χ1) is 9.57. The highest BCUT2D eigenvalue weighted by atomic mass is 79.9. The molecule has 1 heterocycles. The van der Waals surface area contributed by atoms with Gasteiger partial charge in [-0.2, -0.15) is 0 Å². The molecule has 5 heteroatoms. The van der Waals surface area contributed by atoms with Crippen molar-refractivity contribution in [2.45, 2.75) is 24.8 Å². The first kappa shape index (κ1) is 14.0. The summed E-state index contributed by atoms with van der Waals surface area (Å²) < 4.78 is 1.14. The molecule has 106 valence electrons. The van der Waals surface area contributed by atoms with Gasteiger partial charge in [0.2, 0.25) is 0 Å². The Morgan fingerprint density at radius 2 is 2.05 bits per heavy atom. The van der Waals surface area contributed by atoms with Crippen LogP contribution in [-0.4, -0.2) is 23.5 Å². The van der Waals surface area contributed by atoms with Gasteiger partial charge in [0.15, 0.2) is 5.13 Å². The minimum atomic E-state index is 0.353. The van der Waals surface area contributed by atoms with E-state index in [9.17, 15) is 0 Å². The van der Waals surface area contributed by atoms with Crippen molar-refractivity contribution in [3.05, 3.63) is 45.4 Å². The highest BCUT2D eigenvalue weighted by molar-refractivity contribution is 9.10. The fourth-order valence-electron chi connectivity index (χ4n) is 2.73. The predicted octanol–water partition coefficient (Wildman–Crippen LogP) is 3.65. The number of halogens is 1. The fourth-order valence-corrected chi connectivity index (χ4v) is 3.76. The number of anilines is 1. The Kier molecular flexibility index (Phi) is 3.84. The normalized spacial score (nSPS) is 16.6. The second-order valence-corrected chi connectivity index (χ2v) is 7.69. The molecule has 1 fully saturated rings. The maximum absolute atomic E-state index is 5.68. The molecule has 0 amide bonds. The van der Waals surface area contributed by atoms with Crippen LogP contribution < -0.4 is 5.73 Å². The maximum atomic E-state index is 5.68. The average Bonchev–Trinajstić information content (AvgIpc) is 3.06. The zero-order chi connectivity index (χ0) is 14.2. The fraction of sp³-hybridized carbons (Fsp3) is 0.400. The third-order valence-corrected chi connectivity index (χ3v) is 5.22. The number of rotatable bonds is 5. The van der Waals surface area contributed by atoms with Gasteiger partial charge in [-0.15, -0.1) is 11.3 Å². The van der Waals surface area contributed by atoms with Crippen LogP contribution in [0, 0.1) is 0 Å². The molecule has 0 aliphatic heterocycles. The highest BCUT2D eigenvalue weighted by Gasteiger charge is 2.44. The number of likely N-dealkylation sites (N-methyl/N-ethyl adjacent to an activating group) is 1. The minimum absolute atomic E-state index is 0.353. The van der Waals surface area contributed by atoms with E-state index in [1.54, 1.807) is 11.3 Å². The minimum Gasteiger partial charge on any atom is -0.375 e. The van der Waals surface area contributed by atoms with Gasteiger partial charge in [0.1, 0.15) is 0 Å². The Morgan fingerprint density at radius 1 is 1.35 bits per heavy atom. The molecule has 2 aromatic rings. The van der Waals surface area contributed by atoms with Crippen LogP contribution in [0.2, 0.25) is 0 Å². The first-order valence-corrected chi connectivity index (χ1v) is 8.33. The van der Waals surface area contributed by atoms with E-state index in [-0.39, 0.29) is 0 Å². The zero-order valence-corrected chi connectivity index (χ0v) is 13.9. The van der Waals surface area contributed by atoms with Crippen molar-refractivity contribution in [2.24, 2.45) is 0 Å². The molecular formula is C15H18BrN3S. The average molecular weight is 352 g/mol. The standard InChI is InChI=1S/C15H18BrN3S/c1-19(9-13-8-18-14(17)20-13)10-15(6-7-15)11-2-4-12(16)5-3-11/h2-5,8H,6-7,9-10H2,1H3,(H2,17,18). The van der Waals surface area contributed by atoms with Crippen LogP contribution in [0.4, 0.5) is 5.13 Å². The second-order valence-electron chi connectivity index (χ2n) is 5.62. The van der Waals surface area contributed by atoms with E-state index in [1.165, 1.54) is 23.3 Å². The molecule has 1 saturated carbocycles. The highest BCUT2D eigenvalue weighted by Crippen LogP contribution is 2.48. The molecule has 0 unspecified atom stereocenters. The van der Waals surface area contributed by atoms with Crippen LogP contribution in [-0.2, 0) is 12.0 Å². The lowest BCUT2D eigenvalue weighted by atomic mass is 9.95. The third-order valence-electron chi connectivity index (χ3n) is 3.88. The van der Waals surface area contributed by atoms with E-state index in [2.05, 4.69) is 57.1 Å². The molecule has 20 heavy (non-hydrogen) atoms. The molecule has 3 rings (SSSR count). The van der Waals surface area contributed by atoms with Crippen LogP contribution in [0.3, 0.4) is 0 Å². The summed E-state index contributed by atoms with van der Waals surface area (Å²) in [7, 11) is 2.18. The van der Waals surface area contributed by atoms with Gasteiger partial charge in [-0.05, 0) is 37.6 Å². The van der Waals surface area contributed by atoms with Gasteiger partial charge in [-0.1, -0.05) is 28.1 Å². The summed E-state index contributed by atoms with van der Waals surface area (Å²) in [6.07, 6.45) is 4.45. The molecule has 1 aliphatic carbocycles. The molecule has 0 radical (unpaired) electrons. The van der Waals surface area contributed by atoms with Crippen molar-refractivity contribution < 1.29 is 0 Å². The topological polar surface area (TPSA) is 42.2 Å². The van der Waals surface area contributed by atoms with Gasteiger partial charge in [-0.3, -0.25) is 0 Å². The van der Waals surface area contributed by atoms with Crippen LogP contribution in [0.1, 0.15) is 23.3 Å². The van der Waals surface area contributed by atoms with Gasteiger partial charge >= 0.3 is 0 Å². The number of thiazole rings is 1. The maximum Gasteiger partial charge on any atom is 0.180 e. The van der Waals surface area contributed by atoms with Gasteiger partial charge in [-0.25, -0.2) is 4.98 Å². The Balaban J connectivity index is 1.66. The van der Waals surface area contributed by atoms with Gasteiger partial charge in [0, 0.05) is 34.1 Å². The van der Waals surface area contributed by atoms with Gasteiger partial charge < -0.3 is 10.6 Å². The SMILES string of the molecule is CN(Cc1cnc(N)s1)CC1(c2ccc(Br)cc2)CC1. The van der Waals surface area contributed by atoms with Crippen LogP contribution in [0.25, 0.3) is 0 Å². The lowest BCUT2D eigenvalue weighted by Gasteiger charge is -2.23. The number of benzene rings is 1. The molecule has 3 nitrogen and oxygen atoms in total. The van der Waals surface area contributed by atoms with E-state index in [4.69, 9.17) is 5.73 Å². The summed E-state index contributed by atoms with van der Waals surface area (Å²) >= 11 is 5.08. The quantitative estimate of drug-likeness (QED) is 0.893. The van der Waals surface area contributed by atoms with Crippen molar-refractivity contribution in [1.82, 2.24) is 9.88 Å². The van der Waals surface area contributed by atoms with Gasteiger partial charge in [0.05, 0.1) is 0 Å². The molecular weight excluding hydrogens is 334 g/mol. The van der Waals surface area contributed by atoms with E-state index < -0.39 is 0 Å². The number of nitrogens with zero attached hydrogens (tertiary/aromatic N) is 2. The van der Waals surface area contributed by atoms with Crippen LogP contribution in [0.15, 0.2) is 34.9 Å². The van der Waals surface area contributed by atoms with Crippen molar-refractivity contribution in [1.29, 1.82) is 0 Å². The summed E-state index contributed by atoms with van der Waals surface area (Å²) in [5.74, 6) is 0. The first-order valence-electron chi connectivity index (χ1n) is 6.72. The smallest absolute Gasteiger partial charge is 0.180 e. The van der Waals surface area contributed by atoms with E-state index in [0.29, 0.717) is 10.5 Å². The van der Waals surface area contributed by atoms with Gasteiger partial charge in [0.25, 0.3) is 0 Å². The Hall–Kier alpha value is -0.910. The van der Waals surface area contributed by atoms with Crippen molar-refractivity contribution in [3.63, 3.8) is 0 Å².